The second kappa shape index (κ2) is 7.65. The van der Waals surface area contributed by atoms with Gasteiger partial charge >= 0.3 is 0 Å². The van der Waals surface area contributed by atoms with Crippen LogP contribution in [-0.4, -0.2) is 39.5 Å². The molecular formula is C15H21N5O2. The molecule has 0 aliphatic carbocycles. The molecule has 0 aromatic carbocycles. The summed E-state index contributed by atoms with van der Waals surface area (Å²) < 4.78 is 5.12. The van der Waals surface area contributed by atoms with E-state index < -0.39 is 0 Å². The number of nitrogens with zero attached hydrogens (tertiary/aromatic N) is 4. The molecule has 0 saturated carbocycles. The number of pyridine rings is 1. The summed E-state index contributed by atoms with van der Waals surface area (Å²) in [6.45, 7) is 4.70. The van der Waals surface area contributed by atoms with Crippen LogP contribution in [0.4, 0.5) is 0 Å². The summed E-state index contributed by atoms with van der Waals surface area (Å²) in [5, 5.41) is 6.68. The monoisotopic (exact) mass is 303 g/mol. The number of carbonyl (C=O) groups is 1. The molecule has 118 valence electrons. The van der Waals surface area contributed by atoms with Gasteiger partial charge in [-0.25, -0.2) is 0 Å². The molecule has 0 aliphatic heterocycles. The van der Waals surface area contributed by atoms with Gasteiger partial charge in [0.05, 0.1) is 6.54 Å². The van der Waals surface area contributed by atoms with Crippen LogP contribution >= 0.6 is 0 Å². The minimum absolute atomic E-state index is 0.0701. The van der Waals surface area contributed by atoms with Gasteiger partial charge in [0.1, 0.15) is 6.04 Å². The van der Waals surface area contributed by atoms with Crippen molar-refractivity contribution in [1.29, 1.82) is 0 Å². The highest BCUT2D eigenvalue weighted by atomic mass is 16.5. The smallest absolute Gasteiger partial charge is 0.249 e. The van der Waals surface area contributed by atoms with Crippen molar-refractivity contribution in [1.82, 2.24) is 25.3 Å². The van der Waals surface area contributed by atoms with E-state index in [9.17, 15) is 4.79 Å². The molecule has 0 bridgehead atoms. The molecule has 7 heteroatoms. The Balaban J connectivity index is 1.86. The van der Waals surface area contributed by atoms with Gasteiger partial charge in [-0.05, 0) is 38.1 Å². The van der Waals surface area contributed by atoms with Gasteiger partial charge < -0.3 is 9.84 Å². The molecule has 22 heavy (non-hydrogen) atoms. The second-order valence-electron chi connectivity index (χ2n) is 5.24. The van der Waals surface area contributed by atoms with Crippen LogP contribution in [0.3, 0.4) is 0 Å². The van der Waals surface area contributed by atoms with Crippen LogP contribution in [0.25, 0.3) is 0 Å². The largest absolute Gasteiger partial charge is 0.343 e. The Labute approximate surface area is 129 Å². The molecule has 2 aromatic heterocycles. The fourth-order valence-corrected chi connectivity index (χ4v) is 2.13. The highest BCUT2D eigenvalue weighted by Gasteiger charge is 2.19. The van der Waals surface area contributed by atoms with Crippen molar-refractivity contribution in [2.45, 2.75) is 32.9 Å². The third-order valence-corrected chi connectivity index (χ3v) is 3.20. The number of aryl methyl sites for hydroxylation is 1. The third kappa shape index (κ3) is 4.63. The van der Waals surface area contributed by atoms with Crippen LogP contribution in [-0.2, 0) is 11.3 Å². The molecule has 7 nitrogen and oxygen atoms in total. The Morgan fingerprint density at radius 1 is 1.41 bits per heavy atom. The van der Waals surface area contributed by atoms with E-state index in [0.717, 1.165) is 5.56 Å². The van der Waals surface area contributed by atoms with Gasteiger partial charge in [-0.1, -0.05) is 12.1 Å². The summed E-state index contributed by atoms with van der Waals surface area (Å²) in [7, 11) is 1.90. The van der Waals surface area contributed by atoms with Crippen LogP contribution in [0.5, 0.6) is 0 Å². The van der Waals surface area contributed by atoms with Gasteiger partial charge in [-0.3, -0.25) is 14.7 Å². The lowest BCUT2D eigenvalue weighted by Gasteiger charge is -2.18. The summed E-state index contributed by atoms with van der Waals surface area (Å²) in [6, 6.07) is 3.62. The van der Waals surface area contributed by atoms with E-state index in [0.29, 0.717) is 31.2 Å². The van der Waals surface area contributed by atoms with Gasteiger partial charge in [0.2, 0.25) is 11.8 Å². The Kier molecular flexibility index (Phi) is 5.60. The predicted octanol–water partition coefficient (Wildman–Crippen LogP) is 1.47. The Hall–Kier alpha value is -2.28. The van der Waals surface area contributed by atoms with Gasteiger partial charge in [-0.2, -0.15) is 4.98 Å². The standard InChI is InChI=1S/C15H21N5O2/c1-4-13(15-17-11(2)19-22-15)18-14(21)10-20(3)9-12-5-7-16-8-6-12/h5-8,13H,4,9-10H2,1-3H3,(H,18,21)/t13-/m0/s1. The van der Waals surface area contributed by atoms with Crippen molar-refractivity contribution in [2.24, 2.45) is 0 Å². The van der Waals surface area contributed by atoms with Crippen LogP contribution in [0.2, 0.25) is 0 Å². The van der Waals surface area contributed by atoms with Crippen molar-refractivity contribution < 1.29 is 9.32 Å². The van der Waals surface area contributed by atoms with E-state index in [1.807, 2.05) is 31.0 Å². The molecule has 2 rings (SSSR count). The maximum absolute atomic E-state index is 12.1. The number of aromatic nitrogens is 3. The van der Waals surface area contributed by atoms with E-state index in [2.05, 4.69) is 20.4 Å². The second-order valence-corrected chi connectivity index (χ2v) is 5.24. The van der Waals surface area contributed by atoms with Crippen molar-refractivity contribution in [3.8, 4) is 0 Å². The molecule has 0 radical (unpaired) electrons. The molecule has 2 aromatic rings. The molecule has 0 spiro atoms. The Morgan fingerprint density at radius 3 is 2.73 bits per heavy atom. The van der Waals surface area contributed by atoms with Crippen molar-refractivity contribution in [3.63, 3.8) is 0 Å². The van der Waals surface area contributed by atoms with E-state index >= 15 is 0 Å². The molecule has 1 atom stereocenters. The van der Waals surface area contributed by atoms with E-state index in [-0.39, 0.29) is 11.9 Å². The number of carbonyl (C=O) groups excluding carboxylic acids is 1. The summed E-state index contributed by atoms with van der Waals surface area (Å²) in [4.78, 5) is 22.2. The predicted molar refractivity (Wildman–Crippen MR) is 80.8 cm³/mol. The van der Waals surface area contributed by atoms with Crippen LogP contribution < -0.4 is 5.32 Å². The van der Waals surface area contributed by atoms with Crippen molar-refractivity contribution >= 4 is 5.91 Å². The lowest BCUT2D eigenvalue weighted by molar-refractivity contribution is -0.123. The molecule has 0 fully saturated rings. The molecule has 0 aliphatic rings. The van der Waals surface area contributed by atoms with Crippen LogP contribution in [0.15, 0.2) is 29.0 Å². The fraction of sp³-hybridized carbons (Fsp3) is 0.467. The molecule has 0 saturated heterocycles. The van der Waals surface area contributed by atoms with E-state index in [1.54, 1.807) is 19.3 Å². The minimum Gasteiger partial charge on any atom is -0.343 e. The average molecular weight is 303 g/mol. The number of hydrogen-bond acceptors (Lipinski definition) is 6. The SMILES string of the molecule is CC[C@H](NC(=O)CN(C)Cc1ccncc1)c1nc(C)no1. The third-order valence-electron chi connectivity index (χ3n) is 3.20. The number of hydrogen-bond donors (Lipinski definition) is 1. The maximum atomic E-state index is 12.1. The van der Waals surface area contributed by atoms with E-state index in [4.69, 9.17) is 4.52 Å². The number of amides is 1. The number of rotatable bonds is 7. The first-order chi connectivity index (χ1) is 10.6. The number of likely N-dealkylation sites (N-methyl/N-ethyl adjacent to an activating group) is 1. The zero-order valence-electron chi connectivity index (χ0n) is 13.1. The average Bonchev–Trinajstić information content (AvgIpc) is 2.92. The summed E-state index contributed by atoms with van der Waals surface area (Å²) in [5.41, 5.74) is 1.12. The normalized spacial score (nSPS) is 12.4. The number of nitrogens with one attached hydrogen (secondary N) is 1. The molecular weight excluding hydrogens is 282 g/mol. The Bertz CT molecular complexity index is 599. The van der Waals surface area contributed by atoms with Gasteiger partial charge in [0, 0.05) is 18.9 Å². The quantitative estimate of drug-likeness (QED) is 0.834. The van der Waals surface area contributed by atoms with Gasteiger partial charge in [0.15, 0.2) is 5.82 Å². The summed E-state index contributed by atoms with van der Waals surface area (Å²) in [6.07, 6.45) is 4.18. The Morgan fingerprint density at radius 2 is 2.14 bits per heavy atom. The first-order valence-electron chi connectivity index (χ1n) is 7.25. The summed E-state index contributed by atoms with van der Waals surface area (Å²) >= 11 is 0. The highest BCUT2D eigenvalue weighted by molar-refractivity contribution is 5.78. The maximum Gasteiger partial charge on any atom is 0.249 e. The zero-order chi connectivity index (χ0) is 15.9. The van der Waals surface area contributed by atoms with Crippen molar-refractivity contribution in [3.05, 3.63) is 41.8 Å². The first-order valence-corrected chi connectivity index (χ1v) is 7.25. The molecule has 0 unspecified atom stereocenters. The fourth-order valence-electron chi connectivity index (χ4n) is 2.13. The van der Waals surface area contributed by atoms with Crippen molar-refractivity contribution in [2.75, 3.05) is 13.6 Å². The highest BCUT2D eigenvalue weighted by Crippen LogP contribution is 2.14. The van der Waals surface area contributed by atoms with Gasteiger partial charge in [-0.15, -0.1) is 0 Å². The minimum atomic E-state index is -0.247. The van der Waals surface area contributed by atoms with Gasteiger partial charge in [0.25, 0.3) is 0 Å². The molecule has 1 amide bonds. The van der Waals surface area contributed by atoms with E-state index in [1.165, 1.54) is 0 Å². The summed E-state index contributed by atoms with van der Waals surface area (Å²) in [5.74, 6) is 0.946. The molecule has 2 heterocycles. The lowest BCUT2D eigenvalue weighted by atomic mass is 10.2. The zero-order valence-corrected chi connectivity index (χ0v) is 13.1. The topological polar surface area (TPSA) is 84.2 Å². The molecule has 1 N–H and O–H groups in total. The van der Waals surface area contributed by atoms with Crippen LogP contribution in [0.1, 0.15) is 36.7 Å². The van der Waals surface area contributed by atoms with Crippen LogP contribution in [0, 0.1) is 6.92 Å². The first kappa shape index (κ1) is 16.1. The lowest BCUT2D eigenvalue weighted by Crippen LogP contribution is -2.37.